The molecule has 1 rings (SSSR count). The molecule has 9 heavy (non-hydrogen) atoms. The van der Waals surface area contributed by atoms with Gasteiger partial charge in [0.2, 0.25) is 0 Å². The van der Waals surface area contributed by atoms with Gasteiger partial charge in [0.05, 0.1) is 0 Å². The van der Waals surface area contributed by atoms with Crippen molar-refractivity contribution >= 4 is 9.84 Å². The van der Waals surface area contributed by atoms with Gasteiger partial charge in [0, 0.05) is 7.11 Å². The van der Waals surface area contributed by atoms with Crippen molar-refractivity contribution in [3.8, 4) is 0 Å². The van der Waals surface area contributed by atoms with Crippen LogP contribution in [0.1, 0.15) is 6.92 Å². The van der Waals surface area contributed by atoms with E-state index in [0.29, 0.717) is 6.35 Å². The molecule has 1 fully saturated rings. The van der Waals surface area contributed by atoms with E-state index in [1.54, 1.807) is 7.11 Å². The van der Waals surface area contributed by atoms with Crippen molar-refractivity contribution in [3.63, 3.8) is 0 Å². The topological polar surface area (TPSA) is 15.7 Å². The summed E-state index contributed by atoms with van der Waals surface area (Å²) in [6, 6.07) is 0. The van der Waals surface area contributed by atoms with Crippen LogP contribution in [0.3, 0.4) is 0 Å². The first-order valence-electron chi connectivity index (χ1n) is 3.26. The number of rotatable bonds is 2. The third-order valence-corrected chi connectivity index (χ3v) is 3.59. The lowest BCUT2D eigenvalue weighted by molar-refractivity contribution is -0.101. The number of hydrogen-bond donors (Lipinski definition) is 0. The first-order valence-corrected chi connectivity index (χ1v) is 4.53. The van der Waals surface area contributed by atoms with Crippen LogP contribution in [0.4, 0.5) is 0 Å². The van der Waals surface area contributed by atoms with Gasteiger partial charge in [0.15, 0.2) is 16.2 Å². The molecule has 0 aromatic heterocycles. The highest BCUT2D eigenvalue weighted by molar-refractivity contribution is 6.31. The van der Waals surface area contributed by atoms with Crippen LogP contribution in [0.25, 0.3) is 0 Å². The number of nitrogens with zero attached hydrogens (tertiary/aromatic N) is 2. The molecule has 0 N–H and O–H groups in total. The van der Waals surface area contributed by atoms with Gasteiger partial charge in [-0.05, 0) is 13.6 Å². The molecule has 1 atom stereocenters. The summed E-state index contributed by atoms with van der Waals surface area (Å²) in [5.41, 5.74) is 0. The van der Waals surface area contributed by atoms with Gasteiger partial charge >= 0.3 is 0 Å². The zero-order valence-electron chi connectivity index (χ0n) is 6.29. The SMILES string of the molecule is CCN1[SiH2]N(C)C1OC. The van der Waals surface area contributed by atoms with E-state index in [4.69, 9.17) is 4.74 Å². The Hall–Kier alpha value is 0.0969. The summed E-state index contributed by atoms with van der Waals surface area (Å²) >= 11 is 0. The minimum absolute atomic E-state index is 0.0735. The van der Waals surface area contributed by atoms with Crippen LogP contribution in [-0.2, 0) is 4.74 Å². The minimum atomic E-state index is -0.0735. The maximum Gasteiger partial charge on any atom is 0.179 e. The van der Waals surface area contributed by atoms with Crippen LogP contribution in [0.2, 0.25) is 0 Å². The zero-order chi connectivity index (χ0) is 6.85. The molecule has 0 radical (unpaired) electrons. The van der Waals surface area contributed by atoms with Crippen LogP contribution >= 0.6 is 0 Å². The Morgan fingerprint density at radius 3 is 2.56 bits per heavy atom. The van der Waals surface area contributed by atoms with Crippen molar-refractivity contribution in [3.05, 3.63) is 0 Å². The maximum atomic E-state index is 5.19. The van der Waals surface area contributed by atoms with E-state index in [0.717, 1.165) is 6.54 Å². The minimum Gasteiger partial charge on any atom is -0.354 e. The Morgan fingerprint density at radius 2 is 2.33 bits per heavy atom. The lowest BCUT2D eigenvalue weighted by Gasteiger charge is -2.47. The van der Waals surface area contributed by atoms with Crippen LogP contribution in [0.5, 0.6) is 0 Å². The standard InChI is InChI=1S/C5H14N2OSi/c1-4-7-5(8-3)6(2)9-7/h5H,4,9H2,1-3H3. The lowest BCUT2D eigenvalue weighted by Crippen LogP contribution is -2.65. The second-order valence-electron chi connectivity index (χ2n) is 2.37. The lowest BCUT2D eigenvalue weighted by atomic mass is 10.7. The molecule has 1 unspecified atom stereocenters. The fraction of sp³-hybridized carbons (Fsp3) is 1.00. The first kappa shape index (κ1) is 7.21. The van der Waals surface area contributed by atoms with E-state index in [1.165, 1.54) is 0 Å². The van der Waals surface area contributed by atoms with Crippen LogP contribution < -0.4 is 0 Å². The highest BCUT2D eigenvalue weighted by atomic mass is 28.2. The number of hydrogen-bond acceptors (Lipinski definition) is 3. The average Bonchev–Trinajstić information content (AvgIpc) is 1.83. The molecule has 0 aliphatic carbocycles. The summed E-state index contributed by atoms with van der Waals surface area (Å²) in [5, 5.41) is 0. The Kier molecular flexibility index (Phi) is 2.23. The van der Waals surface area contributed by atoms with E-state index >= 15 is 0 Å². The van der Waals surface area contributed by atoms with Crippen LogP contribution in [-0.4, -0.2) is 46.0 Å². The molecule has 1 aliphatic heterocycles. The predicted octanol–water partition coefficient (Wildman–Crippen LogP) is -0.818. The van der Waals surface area contributed by atoms with Crippen LogP contribution in [0.15, 0.2) is 0 Å². The van der Waals surface area contributed by atoms with Gasteiger partial charge in [0.25, 0.3) is 0 Å². The van der Waals surface area contributed by atoms with Crippen molar-refractivity contribution in [2.24, 2.45) is 0 Å². The molecule has 0 saturated carbocycles. The maximum absolute atomic E-state index is 5.19. The summed E-state index contributed by atoms with van der Waals surface area (Å²) in [6.07, 6.45) is 0.293. The monoisotopic (exact) mass is 146 g/mol. The van der Waals surface area contributed by atoms with Crippen molar-refractivity contribution in [1.29, 1.82) is 0 Å². The fourth-order valence-electron chi connectivity index (χ4n) is 1.19. The molecule has 1 aliphatic rings. The van der Waals surface area contributed by atoms with Gasteiger partial charge in [-0.2, -0.15) is 0 Å². The highest BCUT2D eigenvalue weighted by Gasteiger charge is 2.31. The molecule has 4 heteroatoms. The smallest absolute Gasteiger partial charge is 0.179 e. The van der Waals surface area contributed by atoms with Crippen molar-refractivity contribution in [1.82, 2.24) is 9.13 Å². The van der Waals surface area contributed by atoms with Gasteiger partial charge in [-0.3, -0.25) is 9.13 Å². The van der Waals surface area contributed by atoms with Crippen molar-refractivity contribution in [2.75, 3.05) is 20.7 Å². The second kappa shape index (κ2) is 2.79. The Bertz CT molecular complexity index is 101. The van der Waals surface area contributed by atoms with E-state index in [-0.39, 0.29) is 9.84 Å². The number of methoxy groups -OCH3 is 1. The van der Waals surface area contributed by atoms with Gasteiger partial charge in [0.1, 0.15) is 0 Å². The van der Waals surface area contributed by atoms with Gasteiger partial charge in [-0.25, -0.2) is 0 Å². The van der Waals surface area contributed by atoms with Crippen LogP contribution in [0, 0.1) is 0 Å². The largest absolute Gasteiger partial charge is 0.354 e. The Labute approximate surface area is 58.6 Å². The van der Waals surface area contributed by atoms with Crippen molar-refractivity contribution < 1.29 is 4.74 Å². The molecule has 0 bridgehead atoms. The van der Waals surface area contributed by atoms with Gasteiger partial charge in [-0.15, -0.1) is 0 Å². The van der Waals surface area contributed by atoms with Gasteiger partial charge in [-0.1, -0.05) is 6.92 Å². The average molecular weight is 146 g/mol. The zero-order valence-corrected chi connectivity index (χ0v) is 7.71. The molecular weight excluding hydrogens is 132 g/mol. The quantitative estimate of drug-likeness (QED) is 0.474. The molecular formula is C5H14N2OSi. The fourth-order valence-corrected chi connectivity index (χ4v) is 2.75. The summed E-state index contributed by atoms with van der Waals surface area (Å²) in [6.45, 7) is 3.31. The molecule has 54 valence electrons. The third-order valence-electron chi connectivity index (χ3n) is 1.71. The Balaban J connectivity index is 2.29. The summed E-state index contributed by atoms with van der Waals surface area (Å²) in [4.78, 5) is 0. The van der Waals surface area contributed by atoms with E-state index in [1.807, 2.05) is 0 Å². The molecule has 0 spiro atoms. The summed E-state index contributed by atoms with van der Waals surface area (Å²) < 4.78 is 9.87. The highest BCUT2D eigenvalue weighted by Crippen LogP contribution is 2.12. The molecule has 0 amide bonds. The predicted molar refractivity (Wildman–Crippen MR) is 39.5 cm³/mol. The van der Waals surface area contributed by atoms with E-state index in [2.05, 4.69) is 23.1 Å². The molecule has 0 aromatic carbocycles. The van der Waals surface area contributed by atoms with Gasteiger partial charge < -0.3 is 4.74 Å². The first-order chi connectivity index (χ1) is 4.29. The third kappa shape index (κ3) is 1.16. The number of ether oxygens (including phenoxy) is 1. The summed E-state index contributed by atoms with van der Waals surface area (Å²) in [7, 11) is 3.81. The molecule has 3 nitrogen and oxygen atoms in total. The molecule has 1 heterocycles. The second-order valence-corrected chi connectivity index (χ2v) is 4.46. The molecule has 1 saturated heterocycles. The Morgan fingerprint density at radius 1 is 1.67 bits per heavy atom. The van der Waals surface area contributed by atoms with Crippen molar-refractivity contribution in [2.45, 2.75) is 13.3 Å². The van der Waals surface area contributed by atoms with E-state index in [9.17, 15) is 0 Å². The molecule has 0 aromatic rings. The normalized spacial score (nSPS) is 33.0. The summed E-state index contributed by atoms with van der Waals surface area (Å²) in [5.74, 6) is 0. The van der Waals surface area contributed by atoms with E-state index < -0.39 is 0 Å².